The van der Waals surface area contributed by atoms with E-state index in [9.17, 15) is 14.4 Å². The molecule has 7 nitrogen and oxygen atoms in total. The molecular weight excluding hydrogens is 364 g/mol. The highest BCUT2D eigenvalue weighted by Crippen LogP contribution is 2.10. The number of hydrogen-bond donors (Lipinski definition) is 4. The smallest absolute Gasteiger partial charge is 0.327 e. The number of aliphatic carboxylic acids is 2. The van der Waals surface area contributed by atoms with E-state index in [0.717, 1.165) is 23.3 Å². The van der Waals surface area contributed by atoms with Gasteiger partial charge < -0.3 is 20.8 Å². The summed E-state index contributed by atoms with van der Waals surface area (Å²) in [6.45, 7) is 0.662. The normalized spacial score (nSPS) is 11.7. The van der Waals surface area contributed by atoms with E-state index < -0.39 is 23.9 Å². The van der Waals surface area contributed by atoms with Crippen LogP contribution in [0.25, 0.3) is 0 Å². The van der Waals surface area contributed by atoms with Crippen molar-refractivity contribution in [2.45, 2.75) is 11.8 Å². The first-order valence-corrected chi connectivity index (χ1v) is 9.94. The molecule has 9 heteroatoms. The molecule has 0 aromatic heterocycles. The lowest BCUT2D eigenvalue weighted by molar-refractivity contribution is -0.141. The van der Waals surface area contributed by atoms with E-state index in [1.54, 1.807) is 11.8 Å². The second-order valence-corrected chi connectivity index (χ2v) is 7.22. The molecule has 0 saturated heterocycles. The van der Waals surface area contributed by atoms with Crippen LogP contribution in [0.5, 0.6) is 0 Å². The molecule has 0 saturated carbocycles. The molecule has 0 fully saturated rings. The molecule has 138 valence electrons. The van der Waals surface area contributed by atoms with Gasteiger partial charge in [-0.2, -0.15) is 11.8 Å². The Morgan fingerprint density at radius 1 is 1.08 bits per heavy atom. The van der Waals surface area contributed by atoms with Gasteiger partial charge in [-0.3, -0.25) is 9.59 Å². The van der Waals surface area contributed by atoms with Gasteiger partial charge >= 0.3 is 11.9 Å². The Hall–Kier alpha value is -1.71. The van der Waals surface area contributed by atoms with E-state index in [4.69, 9.17) is 10.2 Å². The average molecular weight is 386 g/mol. The minimum absolute atomic E-state index is 0.0142. The predicted molar refractivity (Wildman–Crippen MR) is 100 cm³/mol. The van der Waals surface area contributed by atoms with Crippen molar-refractivity contribution in [3.8, 4) is 0 Å². The third-order valence-electron chi connectivity index (χ3n) is 2.96. The van der Waals surface area contributed by atoms with Crippen LogP contribution in [-0.2, 0) is 20.1 Å². The summed E-state index contributed by atoms with van der Waals surface area (Å²) in [6, 6.07) is 8.98. The summed E-state index contributed by atoms with van der Waals surface area (Å²) in [5.41, 5.74) is 1.24. The Kier molecular flexibility index (Phi) is 10.8. The van der Waals surface area contributed by atoms with Crippen molar-refractivity contribution in [3.63, 3.8) is 0 Å². The number of carboxylic acids is 2. The highest BCUT2D eigenvalue weighted by atomic mass is 32.2. The molecule has 0 aliphatic heterocycles. The first-order valence-electron chi connectivity index (χ1n) is 7.63. The third-order valence-corrected chi connectivity index (χ3v) is 5.01. The maximum atomic E-state index is 11.7. The molecule has 1 rings (SSSR count). The second-order valence-electron chi connectivity index (χ2n) is 5.08. The monoisotopic (exact) mass is 386 g/mol. The standard InChI is InChI=1S/C16H22N2O5S2/c19-14(18-13(16(22)23)10-25-11-15(20)21)8-17-6-7-24-9-12-4-2-1-3-5-12/h1-5,13,17H,6-11H2,(H,18,19)(H,20,21)(H,22,23). The summed E-state index contributed by atoms with van der Waals surface area (Å²) in [4.78, 5) is 33.2. The van der Waals surface area contributed by atoms with Crippen molar-refractivity contribution < 1.29 is 24.6 Å². The largest absolute Gasteiger partial charge is 0.481 e. The number of nitrogens with one attached hydrogen (secondary N) is 2. The van der Waals surface area contributed by atoms with Crippen LogP contribution in [0.3, 0.4) is 0 Å². The van der Waals surface area contributed by atoms with Gasteiger partial charge in [0.25, 0.3) is 0 Å². The minimum atomic E-state index is -1.18. The summed E-state index contributed by atoms with van der Waals surface area (Å²) in [5.74, 6) is -1.07. The van der Waals surface area contributed by atoms with Crippen LogP contribution >= 0.6 is 23.5 Å². The lowest BCUT2D eigenvalue weighted by atomic mass is 10.2. The maximum absolute atomic E-state index is 11.7. The Bertz CT molecular complexity index is 557. The summed E-state index contributed by atoms with van der Waals surface area (Å²) in [5, 5.41) is 22.9. The van der Waals surface area contributed by atoms with E-state index in [1.165, 1.54) is 5.56 Å². The van der Waals surface area contributed by atoms with Gasteiger partial charge in [-0.1, -0.05) is 30.3 Å². The Morgan fingerprint density at radius 3 is 2.44 bits per heavy atom. The van der Waals surface area contributed by atoms with Gasteiger partial charge in [0.15, 0.2) is 0 Å². The summed E-state index contributed by atoms with van der Waals surface area (Å²) in [6.07, 6.45) is 0. The highest BCUT2D eigenvalue weighted by molar-refractivity contribution is 8.00. The number of rotatable bonds is 13. The van der Waals surface area contributed by atoms with E-state index in [2.05, 4.69) is 22.8 Å². The van der Waals surface area contributed by atoms with Crippen molar-refractivity contribution in [2.24, 2.45) is 0 Å². The Morgan fingerprint density at radius 2 is 1.80 bits per heavy atom. The molecule has 1 unspecified atom stereocenters. The number of hydrogen-bond acceptors (Lipinski definition) is 6. The van der Waals surface area contributed by atoms with Crippen LogP contribution in [-0.4, -0.2) is 64.4 Å². The number of carbonyl (C=O) groups excluding carboxylic acids is 1. The van der Waals surface area contributed by atoms with Crippen LogP contribution in [0.1, 0.15) is 5.56 Å². The molecule has 0 heterocycles. The van der Waals surface area contributed by atoms with Gasteiger partial charge in [-0.25, -0.2) is 4.79 Å². The lowest BCUT2D eigenvalue weighted by Gasteiger charge is -2.14. The van der Waals surface area contributed by atoms with Crippen LogP contribution in [0.4, 0.5) is 0 Å². The average Bonchev–Trinajstić information content (AvgIpc) is 2.57. The maximum Gasteiger partial charge on any atom is 0.327 e. The van der Waals surface area contributed by atoms with Gasteiger partial charge in [0, 0.05) is 23.8 Å². The lowest BCUT2D eigenvalue weighted by Crippen LogP contribution is -2.46. The van der Waals surface area contributed by atoms with Gasteiger partial charge in [-0.05, 0) is 5.56 Å². The first-order chi connectivity index (χ1) is 12.0. The summed E-state index contributed by atoms with van der Waals surface area (Å²) < 4.78 is 0. The molecule has 0 spiro atoms. The third kappa shape index (κ3) is 10.7. The summed E-state index contributed by atoms with van der Waals surface area (Å²) >= 11 is 2.70. The van der Waals surface area contributed by atoms with Crippen LogP contribution in [0.2, 0.25) is 0 Å². The fourth-order valence-corrected chi connectivity index (χ4v) is 3.41. The second kappa shape index (κ2) is 12.6. The number of benzene rings is 1. The molecule has 0 bridgehead atoms. The Balaban J connectivity index is 2.13. The zero-order chi connectivity index (χ0) is 18.5. The molecule has 1 amide bonds. The molecule has 0 aliphatic rings. The molecule has 1 atom stereocenters. The minimum Gasteiger partial charge on any atom is -0.481 e. The van der Waals surface area contributed by atoms with Crippen LogP contribution < -0.4 is 10.6 Å². The van der Waals surface area contributed by atoms with Crippen LogP contribution in [0.15, 0.2) is 30.3 Å². The van der Waals surface area contributed by atoms with Crippen molar-refractivity contribution in [2.75, 3.05) is 30.3 Å². The highest BCUT2D eigenvalue weighted by Gasteiger charge is 2.20. The quantitative estimate of drug-likeness (QED) is 0.370. The molecular formula is C16H22N2O5S2. The number of thioether (sulfide) groups is 2. The Labute approximate surface area is 154 Å². The fourth-order valence-electron chi connectivity index (χ4n) is 1.79. The number of amides is 1. The molecule has 0 radical (unpaired) electrons. The van der Waals surface area contributed by atoms with Crippen LogP contribution in [0, 0.1) is 0 Å². The topological polar surface area (TPSA) is 116 Å². The van der Waals surface area contributed by atoms with Gasteiger partial charge in [0.1, 0.15) is 6.04 Å². The van der Waals surface area contributed by atoms with E-state index >= 15 is 0 Å². The van der Waals surface area contributed by atoms with Gasteiger partial charge in [-0.15, -0.1) is 11.8 Å². The predicted octanol–water partition coefficient (Wildman–Crippen LogP) is 0.897. The van der Waals surface area contributed by atoms with E-state index in [0.29, 0.717) is 6.54 Å². The molecule has 4 N–H and O–H groups in total. The molecule has 1 aromatic carbocycles. The zero-order valence-corrected chi connectivity index (χ0v) is 15.3. The zero-order valence-electron chi connectivity index (χ0n) is 13.6. The van der Waals surface area contributed by atoms with E-state index in [1.807, 2.05) is 18.2 Å². The van der Waals surface area contributed by atoms with Crippen molar-refractivity contribution in [3.05, 3.63) is 35.9 Å². The van der Waals surface area contributed by atoms with Crippen molar-refractivity contribution >= 4 is 41.4 Å². The number of carbonyl (C=O) groups is 3. The van der Waals surface area contributed by atoms with Crippen molar-refractivity contribution in [1.82, 2.24) is 10.6 Å². The molecule has 25 heavy (non-hydrogen) atoms. The molecule has 0 aliphatic carbocycles. The first kappa shape index (κ1) is 21.3. The van der Waals surface area contributed by atoms with Gasteiger partial charge in [0.05, 0.1) is 12.3 Å². The van der Waals surface area contributed by atoms with E-state index in [-0.39, 0.29) is 18.1 Å². The SMILES string of the molecule is O=C(O)CSCC(NC(=O)CNCCSCc1ccccc1)C(=O)O. The summed E-state index contributed by atoms with van der Waals surface area (Å²) in [7, 11) is 0. The van der Waals surface area contributed by atoms with Gasteiger partial charge in [0.2, 0.25) is 5.91 Å². The molecule has 1 aromatic rings. The van der Waals surface area contributed by atoms with Crippen molar-refractivity contribution in [1.29, 1.82) is 0 Å². The fraction of sp³-hybridized carbons (Fsp3) is 0.438. The number of carboxylic acid groups (broad SMARTS) is 2.